The summed E-state index contributed by atoms with van der Waals surface area (Å²) in [5, 5.41) is 1.28. The number of rotatable bonds is 2. The molecule has 18 heavy (non-hydrogen) atoms. The summed E-state index contributed by atoms with van der Waals surface area (Å²) < 4.78 is 4.25. The summed E-state index contributed by atoms with van der Waals surface area (Å²) in [5.41, 5.74) is 7.00. The number of piperazine rings is 1. The molecule has 1 saturated carbocycles. The average Bonchev–Trinajstić information content (AvgIpc) is 3.02. The van der Waals surface area contributed by atoms with Crippen molar-refractivity contribution in [1.82, 2.24) is 9.27 Å². The largest absolute Gasteiger partial charge is 0.383 e. The lowest BCUT2D eigenvalue weighted by Gasteiger charge is -2.38. The molecule has 100 valence electrons. The van der Waals surface area contributed by atoms with Crippen molar-refractivity contribution < 1.29 is 0 Å². The molecule has 1 aromatic rings. The maximum atomic E-state index is 5.84. The third kappa shape index (κ3) is 2.21. The molecule has 1 aliphatic heterocycles. The van der Waals surface area contributed by atoms with Gasteiger partial charge in [0.2, 0.25) is 0 Å². The zero-order chi connectivity index (χ0) is 12.5. The molecule has 2 heterocycles. The second-order valence-corrected chi connectivity index (χ2v) is 6.21. The van der Waals surface area contributed by atoms with Gasteiger partial charge in [0.25, 0.3) is 0 Å². The van der Waals surface area contributed by atoms with Gasteiger partial charge in [-0.05, 0) is 31.3 Å². The van der Waals surface area contributed by atoms with E-state index in [1.165, 1.54) is 43.8 Å². The van der Waals surface area contributed by atoms with Crippen LogP contribution in [0, 0.1) is 6.92 Å². The molecule has 2 fully saturated rings. The monoisotopic (exact) mass is 266 g/mol. The topological polar surface area (TPSA) is 45.4 Å². The molecule has 0 bridgehead atoms. The summed E-state index contributed by atoms with van der Waals surface area (Å²) >= 11 is 1.55. The number of nitrogen functional groups attached to an aromatic ring is 1. The van der Waals surface area contributed by atoms with Crippen molar-refractivity contribution in [2.45, 2.75) is 38.6 Å². The van der Waals surface area contributed by atoms with Crippen molar-refractivity contribution in [2.75, 3.05) is 36.8 Å². The van der Waals surface area contributed by atoms with Crippen LogP contribution >= 0.6 is 11.5 Å². The van der Waals surface area contributed by atoms with Gasteiger partial charge in [-0.1, -0.05) is 12.8 Å². The minimum atomic E-state index is 0.702. The van der Waals surface area contributed by atoms with Gasteiger partial charge in [-0.25, -0.2) is 0 Å². The van der Waals surface area contributed by atoms with Crippen molar-refractivity contribution in [3.63, 3.8) is 0 Å². The van der Waals surface area contributed by atoms with E-state index in [2.05, 4.69) is 21.1 Å². The van der Waals surface area contributed by atoms with Gasteiger partial charge >= 0.3 is 0 Å². The summed E-state index contributed by atoms with van der Waals surface area (Å²) in [5.74, 6) is 0.702. The molecular weight excluding hydrogens is 244 g/mol. The van der Waals surface area contributed by atoms with Crippen LogP contribution in [-0.4, -0.2) is 41.5 Å². The normalized spacial score (nSPS) is 22.8. The smallest absolute Gasteiger partial charge is 0.142 e. The third-order valence-corrected chi connectivity index (χ3v) is 5.40. The number of nitrogens with zero attached hydrogens (tertiary/aromatic N) is 3. The molecule has 2 N–H and O–H groups in total. The molecule has 0 radical (unpaired) electrons. The van der Waals surface area contributed by atoms with E-state index in [1.807, 2.05) is 0 Å². The molecule has 4 nitrogen and oxygen atoms in total. The van der Waals surface area contributed by atoms with Crippen LogP contribution in [0.4, 0.5) is 10.8 Å². The first-order chi connectivity index (χ1) is 8.75. The number of hydrogen-bond donors (Lipinski definition) is 1. The lowest BCUT2D eigenvalue weighted by Crippen LogP contribution is -2.49. The first kappa shape index (κ1) is 12.2. The maximum absolute atomic E-state index is 5.84. The zero-order valence-electron chi connectivity index (χ0n) is 11.1. The minimum Gasteiger partial charge on any atom is -0.383 e. The Balaban J connectivity index is 1.61. The molecule has 5 heteroatoms. The van der Waals surface area contributed by atoms with Gasteiger partial charge in [-0.3, -0.25) is 4.90 Å². The van der Waals surface area contributed by atoms with Crippen molar-refractivity contribution in [1.29, 1.82) is 0 Å². The first-order valence-corrected chi connectivity index (χ1v) is 7.74. The van der Waals surface area contributed by atoms with Crippen LogP contribution in [0.2, 0.25) is 0 Å². The molecule has 0 unspecified atom stereocenters. The highest BCUT2D eigenvalue weighted by Gasteiger charge is 2.27. The number of aromatic nitrogens is 1. The molecule has 3 rings (SSSR count). The standard InChI is InChI=1S/C13H22N4S/c1-10-12(14)15-18-13(10)17-8-6-16(7-9-17)11-4-2-3-5-11/h11H,2-9H2,1H3,(H2,14,15). The minimum absolute atomic E-state index is 0.702. The second-order valence-electron chi connectivity index (χ2n) is 5.46. The van der Waals surface area contributed by atoms with Gasteiger partial charge in [0, 0.05) is 37.8 Å². The Bertz CT molecular complexity index is 403. The van der Waals surface area contributed by atoms with E-state index in [0.717, 1.165) is 24.7 Å². The van der Waals surface area contributed by atoms with Crippen LogP contribution in [-0.2, 0) is 0 Å². The van der Waals surface area contributed by atoms with E-state index >= 15 is 0 Å². The SMILES string of the molecule is Cc1c(N)nsc1N1CCN(C2CCCC2)CC1. The third-order valence-electron chi connectivity index (χ3n) is 4.38. The lowest BCUT2D eigenvalue weighted by atomic mass is 10.2. The average molecular weight is 266 g/mol. The summed E-state index contributed by atoms with van der Waals surface area (Å²) in [6, 6.07) is 0.861. The van der Waals surface area contributed by atoms with Crippen molar-refractivity contribution in [2.24, 2.45) is 0 Å². The lowest BCUT2D eigenvalue weighted by molar-refractivity contribution is 0.188. The summed E-state index contributed by atoms with van der Waals surface area (Å²) in [7, 11) is 0. The van der Waals surface area contributed by atoms with E-state index in [1.54, 1.807) is 11.5 Å². The molecule has 2 aliphatic rings. The highest BCUT2D eigenvalue weighted by Crippen LogP contribution is 2.31. The molecule has 1 aromatic heterocycles. The molecule has 1 saturated heterocycles. The fraction of sp³-hybridized carbons (Fsp3) is 0.769. The number of anilines is 2. The Morgan fingerprint density at radius 1 is 1.17 bits per heavy atom. The van der Waals surface area contributed by atoms with Crippen LogP contribution in [0.15, 0.2) is 0 Å². The fourth-order valence-corrected chi connectivity index (χ4v) is 4.05. The summed E-state index contributed by atoms with van der Waals surface area (Å²) in [4.78, 5) is 5.14. The molecule has 0 atom stereocenters. The van der Waals surface area contributed by atoms with Crippen LogP contribution in [0.5, 0.6) is 0 Å². The van der Waals surface area contributed by atoms with Gasteiger partial charge in [-0.15, -0.1) is 0 Å². The van der Waals surface area contributed by atoms with Gasteiger partial charge in [0.1, 0.15) is 10.8 Å². The first-order valence-electron chi connectivity index (χ1n) is 6.96. The van der Waals surface area contributed by atoms with Crippen LogP contribution < -0.4 is 10.6 Å². The van der Waals surface area contributed by atoms with E-state index in [-0.39, 0.29) is 0 Å². The quantitative estimate of drug-likeness (QED) is 0.890. The number of nitrogens with two attached hydrogens (primary N) is 1. The van der Waals surface area contributed by atoms with Gasteiger partial charge in [0.15, 0.2) is 0 Å². The highest BCUT2D eigenvalue weighted by atomic mass is 32.1. The molecule has 0 aromatic carbocycles. The van der Waals surface area contributed by atoms with Crippen LogP contribution in [0.1, 0.15) is 31.2 Å². The van der Waals surface area contributed by atoms with E-state index in [9.17, 15) is 0 Å². The van der Waals surface area contributed by atoms with Gasteiger partial charge in [-0.2, -0.15) is 4.37 Å². The number of hydrogen-bond acceptors (Lipinski definition) is 5. The van der Waals surface area contributed by atoms with Gasteiger partial charge in [0.05, 0.1) is 0 Å². The maximum Gasteiger partial charge on any atom is 0.142 e. The van der Waals surface area contributed by atoms with Crippen LogP contribution in [0.25, 0.3) is 0 Å². The highest BCUT2D eigenvalue weighted by molar-refractivity contribution is 7.10. The second kappa shape index (κ2) is 5.05. The Kier molecular flexibility index (Phi) is 3.43. The van der Waals surface area contributed by atoms with E-state index in [0.29, 0.717) is 5.82 Å². The Hall–Kier alpha value is -0.810. The van der Waals surface area contributed by atoms with Crippen molar-refractivity contribution in [3.8, 4) is 0 Å². The molecule has 1 aliphatic carbocycles. The Morgan fingerprint density at radius 2 is 1.83 bits per heavy atom. The zero-order valence-corrected chi connectivity index (χ0v) is 11.9. The predicted molar refractivity (Wildman–Crippen MR) is 77.3 cm³/mol. The molecule has 0 amide bonds. The van der Waals surface area contributed by atoms with E-state index in [4.69, 9.17) is 5.73 Å². The predicted octanol–water partition coefficient (Wildman–Crippen LogP) is 2.10. The molecule has 0 spiro atoms. The summed E-state index contributed by atoms with van der Waals surface area (Å²) in [6.07, 6.45) is 5.67. The fourth-order valence-electron chi connectivity index (χ4n) is 3.19. The summed E-state index contributed by atoms with van der Waals surface area (Å²) in [6.45, 7) is 6.72. The van der Waals surface area contributed by atoms with Crippen LogP contribution in [0.3, 0.4) is 0 Å². The van der Waals surface area contributed by atoms with Crippen molar-refractivity contribution >= 4 is 22.4 Å². The van der Waals surface area contributed by atoms with Crippen molar-refractivity contribution in [3.05, 3.63) is 5.56 Å². The Labute approximate surface area is 113 Å². The Morgan fingerprint density at radius 3 is 2.39 bits per heavy atom. The van der Waals surface area contributed by atoms with Gasteiger partial charge < -0.3 is 10.6 Å². The van der Waals surface area contributed by atoms with E-state index < -0.39 is 0 Å². The molecular formula is C13H22N4S.